The summed E-state index contributed by atoms with van der Waals surface area (Å²) in [6.07, 6.45) is 1.54. The quantitative estimate of drug-likeness (QED) is 0.937. The van der Waals surface area contributed by atoms with Crippen molar-refractivity contribution in [3.8, 4) is 5.88 Å². The van der Waals surface area contributed by atoms with Crippen molar-refractivity contribution in [1.29, 1.82) is 0 Å². The summed E-state index contributed by atoms with van der Waals surface area (Å²) in [6, 6.07) is 5.14. The van der Waals surface area contributed by atoms with Crippen LogP contribution in [0.25, 0.3) is 0 Å². The second-order valence-electron chi connectivity index (χ2n) is 3.66. The van der Waals surface area contributed by atoms with Crippen LogP contribution in [0.3, 0.4) is 0 Å². The highest BCUT2D eigenvalue weighted by Crippen LogP contribution is 2.16. The Balaban J connectivity index is 2.24. The topological polar surface area (TPSA) is 77.0 Å². The van der Waals surface area contributed by atoms with E-state index in [2.05, 4.69) is 36.2 Å². The summed E-state index contributed by atoms with van der Waals surface area (Å²) in [5.74, 6) is 0.183. The predicted molar refractivity (Wildman–Crippen MR) is 73.2 cm³/mol. The summed E-state index contributed by atoms with van der Waals surface area (Å²) in [4.78, 5) is 24.2. The van der Waals surface area contributed by atoms with Gasteiger partial charge in [-0.25, -0.2) is 9.97 Å². The molecule has 0 atom stereocenters. The third kappa shape index (κ3) is 3.25. The number of aromatic nitrogens is 3. The summed E-state index contributed by atoms with van der Waals surface area (Å²) < 4.78 is 5.62. The summed E-state index contributed by atoms with van der Waals surface area (Å²) in [6.45, 7) is 1.79. The molecule has 6 nitrogen and oxygen atoms in total. The van der Waals surface area contributed by atoms with Gasteiger partial charge in [-0.2, -0.15) is 4.98 Å². The summed E-state index contributed by atoms with van der Waals surface area (Å²) >= 11 is 3.26. The highest BCUT2D eigenvalue weighted by atomic mass is 79.9. The normalized spacial score (nSPS) is 10.1. The van der Waals surface area contributed by atoms with Crippen LogP contribution in [0.5, 0.6) is 5.88 Å². The van der Waals surface area contributed by atoms with E-state index < -0.39 is 0 Å². The number of halogens is 1. The second-order valence-corrected chi connectivity index (χ2v) is 4.52. The van der Waals surface area contributed by atoms with Gasteiger partial charge in [-0.15, -0.1) is 0 Å². The first-order chi connectivity index (χ1) is 9.10. The maximum atomic E-state index is 12.0. The Bertz CT molecular complexity index is 618. The molecular weight excluding hydrogens is 312 g/mol. The van der Waals surface area contributed by atoms with Crippen molar-refractivity contribution in [1.82, 2.24) is 15.0 Å². The van der Waals surface area contributed by atoms with Gasteiger partial charge in [0.05, 0.1) is 7.11 Å². The Labute approximate surface area is 118 Å². The van der Waals surface area contributed by atoms with Gasteiger partial charge in [0.2, 0.25) is 11.8 Å². The zero-order valence-electron chi connectivity index (χ0n) is 10.3. The fourth-order valence-corrected chi connectivity index (χ4v) is 1.85. The SMILES string of the molecule is COc1cc(C)nc(NC(=O)c2ncccc2Br)n1. The molecular formula is C12H11BrN4O2. The Morgan fingerprint density at radius 2 is 2.21 bits per heavy atom. The van der Waals surface area contributed by atoms with Crippen molar-refractivity contribution in [2.24, 2.45) is 0 Å². The number of methoxy groups -OCH3 is 1. The van der Waals surface area contributed by atoms with Gasteiger partial charge < -0.3 is 4.74 Å². The number of pyridine rings is 1. The third-order valence-electron chi connectivity index (χ3n) is 2.24. The van der Waals surface area contributed by atoms with Crippen LogP contribution in [-0.4, -0.2) is 28.0 Å². The average Bonchev–Trinajstić information content (AvgIpc) is 2.38. The molecule has 1 amide bonds. The third-order valence-corrected chi connectivity index (χ3v) is 2.88. The van der Waals surface area contributed by atoms with Crippen LogP contribution in [-0.2, 0) is 0 Å². The van der Waals surface area contributed by atoms with Gasteiger partial charge in [-0.05, 0) is 35.0 Å². The lowest BCUT2D eigenvalue weighted by atomic mass is 10.3. The lowest BCUT2D eigenvalue weighted by Crippen LogP contribution is -2.16. The lowest BCUT2D eigenvalue weighted by molar-refractivity contribution is 0.102. The number of nitrogens with one attached hydrogen (secondary N) is 1. The Morgan fingerprint density at radius 3 is 2.89 bits per heavy atom. The number of aryl methyl sites for hydroxylation is 1. The first kappa shape index (κ1) is 13.4. The number of carbonyl (C=O) groups excluding carboxylic acids is 1. The van der Waals surface area contributed by atoms with Crippen LogP contribution in [0.4, 0.5) is 5.95 Å². The highest BCUT2D eigenvalue weighted by molar-refractivity contribution is 9.10. The largest absolute Gasteiger partial charge is 0.481 e. The molecule has 0 radical (unpaired) electrons. The fourth-order valence-electron chi connectivity index (χ4n) is 1.41. The van der Waals surface area contributed by atoms with Crippen molar-refractivity contribution in [2.45, 2.75) is 6.92 Å². The Kier molecular flexibility index (Phi) is 4.06. The lowest BCUT2D eigenvalue weighted by Gasteiger charge is -2.06. The fraction of sp³-hybridized carbons (Fsp3) is 0.167. The number of hydrogen-bond donors (Lipinski definition) is 1. The van der Waals surface area contributed by atoms with Crippen LogP contribution in [0.15, 0.2) is 28.9 Å². The van der Waals surface area contributed by atoms with Crippen LogP contribution in [0, 0.1) is 6.92 Å². The van der Waals surface area contributed by atoms with Gasteiger partial charge in [0, 0.05) is 22.4 Å². The molecule has 0 unspecified atom stereocenters. The molecule has 0 bridgehead atoms. The first-order valence-corrected chi connectivity index (χ1v) is 6.21. The van der Waals surface area contributed by atoms with E-state index in [4.69, 9.17) is 4.74 Å². The maximum absolute atomic E-state index is 12.0. The van der Waals surface area contributed by atoms with Crippen LogP contribution in [0.2, 0.25) is 0 Å². The molecule has 7 heteroatoms. The molecule has 0 fully saturated rings. The van der Waals surface area contributed by atoms with Crippen molar-refractivity contribution in [3.63, 3.8) is 0 Å². The van der Waals surface area contributed by atoms with Crippen molar-refractivity contribution in [3.05, 3.63) is 40.3 Å². The van der Waals surface area contributed by atoms with Gasteiger partial charge in [-0.3, -0.25) is 10.1 Å². The van der Waals surface area contributed by atoms with Gasteiger partial charge in [-0.1, -0.05) is 0 Å². The number of carbonyl (C=O) groups is 1. The Hall–Kier alpha value is -2.02. The van der Waals surface area contributed by atoms with E-state index in [1.54, 1.807) is 25.1 Å². The summed E-state index contributed by atoms with van der Waals surface area (Å²) in [5.41, 5.74) is 0.966. The van der Waals surface area contributed by atoms with Crippen LogP contribution < -0.4 is 10.1 Å². The number of rotatable bonds is 3. The van der Waals surface area contributed by atoms with E-state index in [0.717, 1.165) is 0 Å². The summed E-state index contributed by atoms with van der Waals surface area (Å²) in [5, 5.41) is 2.58. The van der Waals surface area contributed by atoms with Gasteiger partial charge in [0.15, 0.2) is 0 Å². The maximum Gasteiger partial charge on any atom is 0.277 e. The highest BCUT2D eigenvalue weighted by Gasteiger charge is 2.13. The van der Waals surface area contributed by atoms with Crippen LogP contribution >= 0.6 is 15.9 Å². The van der Waals surface area contributed by atoms with E-state index in [1.807, 2.05) is 0 Å². The zero-order chi connectivity index (χ0) is 13.8. The molecule has 2 aromatic heterocycles. The standard InChI is InChI=1S/C12H11BrN4O2/c1-7-6-9(19-2)16-12(15-7)17-11(18)10-8(13)4-3-5-14-10/h3-6H,1-2H3,(H,15,16,17,18). The minimum absolute atomic E-state index is 0.180. The number of hydrogen-bond acceptors (Lipinski definition) is 5. The van der Waals surface area contributed by atoms with E-state index >= 15 is 0 Å². The van der Waals surface area contributed by atoms with Crippen molar-refractivity contribution < 1.29 is 9.53 Å². The van der Waals surface area contributed by atoms with E-state index in [9.17, 15) is 4.79 Å². The molecule has 0 saturated carbocycles. The molecule has 98 valence electrons. The number of ether oxygens (including phenoxy) is 1. The number of amides is 1. The number of nitrogens with zero attached hydrogens (tertiary/aromatic N) is 3. The van der Waals surface area contributed by atoms with E-state index in [0.29, 0.717) is 16.0 Å². The molecule has 0 aliphatic heterocycles. The molecule has 1 N–H and O–H groups in total. The molecule has 2 aromatic rings. The number of anilines is 1. The summed E-state index contributed by atoms with van der Waals surface area (Å²) in [7, 11) is 1.50. The van der Waals surface area contributed by atoms with Crippen LogP contribution in [0.1, 0.15) is 16.2 Å². The molecule has 0 spiro atoms. The average molecular weight is 323 g/mol. The van der Waals surface area contributed by atoms with Gasteiger partial charge >= 0.3 is 0 Å². The molecule has 0 aliphatic rings. The minimum atomic E-state index is -0.389. The van der Waals surface area contributed by atoms with E-state index in [-0.39, 0.29) is 17.5 Å². The molecule has 0 aromatic carbocycles. The zero-order valence-corrected chi connectivity index (χ0v) is 11.9. The molecule has 19 heavy (non-hydrogen) atoms. The predicted octanol–water partition coefficient (Wildman–Crippen LogP) is 2.20. The molecule has 2 rings (SSSR count). The first-order valence-electron chi connectivity index (χ1n) is 5.41. The monoisotopic (exact) mass is 322 g/mol. The minimum Gasteiger partial charge on any atom is -0.481 e. The smallest absolute Gasteiger partial charge is 0.277 e. The van der Waals surface area contributed by atoms with Gasteiger partial charge in [0.25, 0.3) is 5.91 Å². The Morgan fingerprint density at radius 1 is 1.42 bits per heavy atom. The second kappa shape index (κ2) is 5.75. The molecule has 0 aliphatic carbocycles. The van der Waals surface area contributed by atoms with Crippen molar-refractivity contribution in [2.75, 3.05) is 12.4 Å². The molecule has 2 heterocycles. The van der Waals surface area contributed by atoms with Crippen molar-refractivity contribution >= 4 is 27.8 Å². The molecule has 0 saturated heterocycles. The van der Waals surface area contributed by atoms with E-state index in [1.165, 1.54) is 13.3 Å². The van der Waals surface area contributed by atoms with Gasteiger partial charge in [0.1, 0.15) is 5.69 Å².